The fourth-order valence-electron chi connectivity index (χ4n) is 6.04. The van der Waals surface area contributed by atoms with E-state index < -0.39 is 139 Å². The summed E-state index contributed by atoms with van der Waals surface area (Å²) in [4.78, 5) is 9.57. The van der Waals surface area contributed by atoms with E-state index in [4.69, 9.17) is 20.6 Å². The Labute approximate surface area is 436 Å². The molecule has 5 aromatic carbocycles. The lowest BCUT2D eigenvalue weighted by atomic mass is 10.2. The fourth-order valence-corrected chi connectivity index (χ4v) is 10.8. The summed E-state index contributed by atoms with van der Waals surface area (Å²) in [5.41, 5.74) is 8.78. The highest BCUT2D eigenvalue weighted by atomic mass is 32.3. The quantitative estimate of drug-likeness (QED) is 0.0246. The van der Waals surface area contributed by atoms with Gasteiger partial charge in [-0.1, -0.05) is 6.07 Å². The molecule has 77 heavy (non-hydrogen) atoms. The summed E-state index contributed by atoms with van der Waals surface area (Å²) >= 11 is 0. The van der Waals surface area contributed by atoms with E-state index in [0.29, 0.717) is 6.07 Å². The summed E-state index contributed by atoms with van der Waals surface area (Å²) in [5, 5.41) is 23.6. The fraction of sp³-hybridized carbons (Fsp3) is 0.108. The van der Waals surface area contributed by atoms with Crippen molar-refractivity contribution in [2.24, 2.45) is 20.5 Å². The van der Waals surface area contributed by atoms with Gasteiger partial charge < -0.3 is 27.4 Å². The maximum atomic E-state index is 12.7. The van der Waals surface area contributed by atoms with E-state index >= 15 is 0 Å². The molecule has 0 amide bonds. The Morgan fingerprint density at radius 1 is 0.442 bits per heavy atom. The lowest BCUT2D eigenvalue weighted by Gasteiger charge is -2.13. The van der Waals surface area contributed by atoms with Gasteiger partial charge in [0.1, 0.15) is 26.9 Å². The standard InChI is InChI=1S/C37H36N12O21S7/c38-32-29(20-31(75(60,61)62)33(39)34(32)49-46-22-6-11-26(12-7-22)72(52,53)17-15-70-77(66,67)68)48-47-28-19-24(8-13-30(28)74(57,58)59)42-37-44-35(43-36(45-37)41-23-2-1-3-27(18-23)73(54,55)56)40-21-4-9-25(10-5-21)71(50,51)16-14-69-76(63,64)65/h1-13,18-20H,14-17,38-39H2,(H,54,55,56)(H,57,58,59)(H,60,61,62)(H,63,64,65)(H,66,67,68)(H3,40,41,42,43,44,45). The van der Waals surface area contributed by atoms with Gasteiger partial charge in [-0.25, -0.2) is 25.2 Å². The molecule has 1 heterocycles. The van der Waals surface area contributed by atoms with Crippen LogP contribution in [0.2, 0.25) is 0 Å². The molecule has 40 heteroatoms. The van der Waals surface area contributed by atoms with Crippen LogP contribution in [-0.2, 0) is 79.2 Å². The van der Waals surface area contributed by atoms with Gasteiger partial charge in [-0.3, -0.25) is 22.8 Å². The number of nitrogen functional groups attached to an aromatic ring is 2. The third-order valence-electron chi connectivity index (χ3n) is 9.48. The minimum absolute atomic E-state index is 0.00768. The molecule has 6 aromatic rings. The van der Waals surface area contributed by atoms with Crippen LogP contribution in [0.5, 0.6) is 0 Å². The molecule has 0 saturated heterocycles. The first-order valence-corrected chi connectivity index (χ1v) is 30.6. The molecule has 0 atom stereocenters. The molecule has 0 fully saturated rings. The molecule has 0 radical (unpaired) electrons. The van der Waals surface area contributed by atoms with Crippen LogP contribution >= 0.6 is 0 Å². The Kier molecular flexibility index (Phi) is 17.4. The van der Waals surface area contributed by atoms with E-state index in [1.165, 1.54) is 24.3 Å². The molecule has 12 N–H and O–H groups in total. The number of hydrogen-bond donors (Lipinski definition) is 10. The van der Waals surface area contributed by atoms with Crippen LogP contribution in [0.4, 0.5) is 69.0 Å². The highest BCUT2D eigenvalue weighted by molar-refractivity contribution is 7.92. The molecule has 0 aliphatic heterocycles. The second kappa shape index (κ2) is 22.7. The van der Waals surface area contributed by atoms with Gasteiger partial charge in [0.15, 0.2) is 19.7 Å². The van der Waals surface area contributed by atoms with Crippen molar-refractivity contribution in [2.75, 3.05) is 52.1 Å². The van der Waals surface area contributed by atoms with E-state index in [-0.39, 0.29) is 50.4 Å². The number of aromatic nitrogens is 3. The predicted octanol–water partition coefficient (Wildman–Crippen LogP) is 4.02. The Morgan fingerprint density at radius 3 is 1.38 bits per heavy atom. The monoisotopic (exact) mass is 1210 g/mol. The van der Waals surface area contributed by atoms with Gasteiger partial charge in [0.25, 0.3) is 30.4 Å². The molecular weight excluding hydrogens is 1170 g/mol. The van der Waals surface area contributed by atoms with Crippen molar-refractivity contribution >= 4 is 140 Å². The van der Waals surface area contributed by atoms with Crippen LogP contribution in [-0.4, -0.2) is 121 Å². The van der Waals surface area contributed by atoms with Crippen LogP contribution in [0.3, 0.4) is 0 Å². The van der Waals surface area contributed by atoms with E-state index in [9.17, 15) is 72.6 Å². The van der Waals surface area contributed by atoms with E-state index in [1.54, 1.807) is 0 Å². The molecule has 1 aromatic heterocycles. The molecule has 0 unspecified atom stereocenters. The van der Waals surface area contributed by atoms with Crippen molar-refractivity contribution in [3.63, 3.8) is 0 Å². The Hall–Kier alpha value is -7.32. The second-order valence-electron chi connectivity index (χ2n) is 14.9. The first-order chi connectivity index (χ1) is 35.6. The molecule has 0 aliphatic rings. The third-order valence-corrected chi connectivity index (χ3v) is 16.4. The van der Waals surface area contributed by atoms with Gasteiger partial charge in [-0.15, -0.1) is 15.3 Å². The zero-order chi connectivity index (χ0) is 56.9. The lowest BCUT2D eigenvalue weighted by Crippen LogP contribution is -2.15. The third kappa shape index (κ3) is 16.6. The molecule has 0 saturated carbocycles. The smallest absolute Gasteiger partial charge is 0.396 e. The Morgan fingerprint density at radius 2 is 0.896 bits per heavy atom. The first-order valence-electron chi connectivity index (χ1n) is 20.2. The summed E-state index contributed by atoms with van der Waals surface area (Å²) in [6, 6.07) is 17.2. The van der Waals surface area contributed by atoms with Crippen LogP contribution in [0.1, 0.15) is 0 Å². The number of anilines is 8. The first kappa shape index (κ1) is 58.9. The van der Waals surface area contributed by atoms with Gasteiger partial charge in [0.05, 0.1) is 56.5 Å². The minimum Gasteiger partial charge on any atom is -0.396 e. The minimum atomic E-state index is -5.22. The average Bonchev–Trinajstić information content (AvgIpc) is 3.30. The molecule has 0 bridgehead atoms. The van der Waals surface area contributed by atoms with Crippen LogP contribution in [0.25, 0.3) is 0 Å². The van der Waals surface area contributed by atoms with Crippen LogP contribution < -0.4 is 27.4 Å². The van der Waals surface area contributed by atoms with Crippen molar-refractivity contribution in [1.82, 2.24) is 15.0 Å². The van der Waals surface area contributed by atoms with Gasteiger partial charge in [-0.2, -0.15) is 62.2 Å². The zero-order valence-corrected chi connectivity index (χ0v) is 43.7. The number of nitrogens with one attached hydrogen (secondary N) is 3. The molecule has 0 spiro atoms. The van der Waals surface area contributed by atoms with Crippen molar-refractivity contribution < 1.29 is 90.1 Å². The lowest BCUT2D eigenvalue weighted by molar-refractivity contribution is 0.282. The number of benzene rings is 5. The molecule has 412 valence electrons. The Balaban J connectivity index is 1.35. The van der Waals surface area contributed by atoms with Crippen molar-refractivity contribution in [3.05, 3.63) is 97.1 Å². The highest BCUT2D eigenvalue weighted by Crippen LogP contribution is 2.44. The molecular formula is C37H36N12O21S7. The van der Waals surface area contributed by atoms with E-state index in [0.717, 1.165) is 66.7 Å². The van der Waals surface area contributed by atoms with E-state index in [2.05, 4.69) is 59.7 Å². The largest absolute Gasteiger partial charge is 0.397 e. The normalized spacial score (nSPS) is 13.0. The van der Waals surface area contributed by atoms with Gasteiger partial charge in [0, 0.05) is 17.1 Å². The summed E-state index contributed by atoms with van der Waals surface area (Å²) in [6.07, 6.45) is 0. The summed E-state index contributed by atoms with van der Waals surface area (Å²) < 4.78 is 223. The summed E-state index contributed by atoms with van der Waals surface area (Å²) in [7, 11) is -33.2. The van der Waals surface area contributed by atoms with Crippen molar-refractivity contribution in [3.8, 4) is 0 Å². The van der Waals surface area contributed by atoms with Crippen LogP contribution in [0.15, 0.2) is 142 Å². The Bertz CT molecular complexity index is 4160. The van der Waals surface area contributed by atoms with Gasteiger partial charge in [-0.05, 0) is 91.0 Å². The number of hydrogen-bond acceptors (Lipinski definition) is 28. The number of nitrogens with two attached hydrogens (primary N) is 2. The average molecular weight is 1210 g/mol. The van der Waals surface area contributed by atoms with Crippen molar-refractivity contribution in [1.29, 1.82) is 0 Å². The maximum Gasteiger partial charge on any atom is 0.397 e. The van der Waals surface area contributed by atoms with Crippen molar-refractivity contribution in [2.45, 2.75) is 24.5 Å². The predicted molar refractivity (Wildman–Crippen MR) is 268 cm³/mol. The maximum absolute atomic E-state index is 12.7. The van der Waals surface area contributed by atoms with Crippen LogP contribution in [0, 0.1) is 0 Å². The van der Waals surface area contributed by atoms with Gasteiger partial charge in [0.2, 0.25) is 17.8 Å². The molecule has 0 aliphatic carbocycles. The highest BCUT2D eigenvalue weighted by Gasteiger charge is 2.25. The second-order valence-corrected chi connectivity index (χ2v) is 25.5. The molecule has 6 rings (SSSR count). The number of nitrogens with zero attached hydrogens (tertiary/aromatic N) is 7. The van der Waals surface area contributed by atoms with Gasteiger partial charge >= 0.3 is 20.8 Å². The zero-order valence-electron chi connectivity index (χ0n) is 38.0. The number of rotatable bonds is 23. The number of azo groups is 2. The van der Waals surface area contributed by atoms with E-state index in [1.807, 2.05) is 0 Å². The number of sulfone groups is 2. The summed E-state index contributed by atoms with van der Waals surface area (Å²) in [5.74, 6) is -2.73. The topological polar surface area (TPSA) is 535 Å². The summed E-state index contributed by atoms with van der Waals surface area (Å²) in [6.45, 7) is -1.81. The SMILES string of the molecule is Nc1c(N=Nc2cc(Nc3nc(Nc4ccc(S(=O)(=O)CCOS(=O)(=O)O)cc4)nc(Nc4cccc(S(=O)(=O)O)c4)n3)ccc2S(=O)(=O)O)cc(S(=O)(=O)O)c(N)c1N=Nc1ccc(S(=O)(=O)CCOS(=O)(=O)O)cc1. The molecule has 33 nitrogen and oxygen atoms in total.